The monoisotopic (exact) mass is 516 g/mol. The molecular formula is C31H24N4O2S. The molecule has 3 aromatic carbocycles. The molecule has 38 heavy (non-hydrogen) atoms. The summed E-state index contributed by atoms with van der Waals surface area (Å²) in [5, 5.41) is 1.40. The third-order valence-electron chi connectivity index (χ3n) is 6.23. The topological polar surface area (TPSA) is 68.2 Å². The lowest BCUT2D eigenvalue weighted by Gasteiger charge is -2.21. The van der Waals surface area contributed by atoms with Crippen LogP contribution in [0, 0.1) is 0 Å². The van der Waals surface area contributed by atoms with Crippen LogP contribution in [0.5, 0.6) is 5.75 Å². The molecule has 0 N–H and O–H groups in total. The molecule has 186 valence electrons. The molecule has 0 bridgehead atoms. The van der Waals surface area contributed by atoms with E-state index in [2.05, 4.69) is 4.98 Å². The number of amides is 1. The molecule has 6 nitrogen and oxygen atoms in total. The number of anilines is 1. The largest absolute Gasteiger partial charge is 0.492 e. The zero-order chi connectivity index (χ0) is 25.9. The van der Waals surface area contributed by atoms with Crippen molar-refractivity contribution in [1.29, 1.82) is 0 Å². The van der Waals surface area contributed by atoms with E-state index in [4.69, 9.17) is 14.7 Å². The minimum absolute atomic E-state index is 0.151. The zero-order valence-corrected chi connectivity index (χ0v) is 21.6. The number of benzene rings is 3. The first-order valence-electron chi connectivity index (χ1n) is 12.4. The summed E-state index contributed by atoms with van der Waals surface area (Å²) in [6, 6.07) is 29.2. The summed E-state index contributed by atoms with van der Waals surface area (Å²) in [5.74, 6) is 0.559. The number of hydrogen-bond acceptors (Lipinski definition) is 6. The van der Waals surface area contributed by atoms with Gasteiger partial charge in [-0.3, -0.25) is 14.7 Å². The number of carbonyl (C=O) groups excluding carboxylic acids is 1. The van der Waals surface area contributed by atoms with Crippen molar-refractivity contribution in [1.82, 2.24) is 15.0 Å². The van der Waals surface area contributed by atoms with Crippen LogP contribution in [0.1, 0.15) is 22.8 Å². The zero-order valence-electron chi connectivity index (χ0n) is 20.7. The number of nitrogens with zero attached hydrogens (tertiary/aromatic N) is 4. The van der Waals surface area contributed by atoms with E-state index < -0.39 is 0 Å². The molecule has 0 aliphatic rings. The van der Waals surface area contributed by atoms with Gasteiger partial charge in [0, 0.05) is 23.3 Å². The first kappa shape index (κ1) is 23.8. The summed E-state index contributed by atoms with van der Waals surface area (Å²) >= 11 is 1.47. The highest BCUT2D eigenvalue weighted by Gasteiger charge is 2.25. The third kappa shape index (κ3) is 4.60. The van der Waals surface area contributed by atoms with Gasteiger partial charge in [-0.05, 0) is 42.8 Å². The normalized spacial score (nSPS) is 11.1. The Hall–Kier alpha value is -4.62. The summed E-state index contributed by atoms with van der Waals surface area (Å²) in [6.45, 7) is 2.81. The first-order chi connectivity index (χ1) is 18.7. The maximum absolute atomic E-state index is 14.4. The van der Waals surface area contributed by atoms with Crippen molar-refractivity contribution >= 4 is 43.5 Å². The minimum atomic E-state index is -0.151. The molecule has 1 amide bonds. The van der Waals surface area contributed by atoms with Gasteiger partial charge >= 0.3 is 0 Å². The predicted octanol–water partition coefficient (Wildman–Crippen LogP) is 7.15. The fourth-order valence-corrected chi connectivity index (χ4v) is 5.43. The van der Waals surface area contributed by atoms with E-state index in [0.29, 0.717) is 29.6 Å². The van der Waals surface area contributed by atoms with Gasteiger partial charge < -0.3 is 4.74 Å². The SMILES string of the molecule is CCOc1cccc2sc(N(Cc3cccnc3)C(=O)c3cc(-c4ccccc4)nc4ccccc34)nc12. The van der Waals surface area contributed by atoms with Crippen molar-refractivity contribution in [2.45, 2.75) is 13.5 Å². The molecule has 0 spiro atoms. The van der Waals surface area contributed by atoms with Crippen LogP contribution in [-0.4, -0.2) is 27.5 Å². The number of thiazole rings is 1. The summed E-state index contributed by atoms with van der Waals surface area (Å²) in [4.78, 5) is 30.2. The second-order valence-corrected chi connectivity index (χ2v) is 9.73. The number of para-hydroxylation sites is 2. The molecular weight excluding hydrogens is 492 g/mol. The molecule has 0 aliphatic carbocycles. The lowest BCUT2D eigenvalue weighted by molar-refractivity contribution is 0.0986. The molecule has 0 fully saturated rings. The van der Waals surface area contributed by atoms with E-state index in [1.165, 1.54) is 11.3 Å². The van der Waals surface area contributed by atoms with Crippen LogP contribution in [-0.2, 0) is 6.54 Å². The number of rotatable bonds is 7. The Bertz CT molecular complexity index is 1740. The molecule has 0 aliphatic heterocycles. The second-order valence-electron chi connectivity index (χ2n) is 8.72. The summed E-state index contributed by atoms with van der Waals surface area (Å²) < 4.78 is 6.78. The number of aromatic nitrogens is 3. The van der Waals surface area contributed by atoms with E-state index in [1.807, 2.05) is 97.9 Å². The first-order valence-corrected chi connectivity index (χ1v) is 13.2. The van der Waals surface area contributed by atoms with Crippen LogP contribution in [0.15, 0.2) is 103 Å². The third-order valence-corrected chi connectivity index (χ3v) is 7.27. The number of ether oxygens (including phenoxy) is 1. The Labute approximate surface area is 224 Å². The molecule has 3 heterocycles. The molecule has 0 unspecified atom stereocenters. The van der Waals surface area contributed by atoms with Gasteiger partial charge in [-0.25, -0.2) is 9.97 Å². The van der Waals surface area contributed by atoms with Crippen LogP contribution in [0.25, 0.3) is 32.4 Å². The van der Waals surface area contributed by atoms with E-state index in [-0.39, 0.29) is 5.91 Å². The molecule has 0 saturated carbocycles. The average Bonchev–Trinajstić information content (AvgIpc) is 3.41. The van der Waals surface area contributed by atoms with Crippen LogP contribution in [0.4, 0.5) is 5.13 Å². The second kappa shape index (κ2) is 10.4. The van der Waals surface area contributed by atoms with Crippen molar-refractivity contribution in [3.63, 3.8) is 0 Å². The highest BCUT2D eigenvalue weighted by molar-refractivity contribution is 7.22. The standard InChI is InChI=1S/C31H24N4O2S/c1-2-37-27-15-8-16-28-29(27)34-31(38-28)35(20-21-10-9-17-32-19-21)30(36)24-18-26(22-11-4-3-5-12-22)33-25-14-7-6-13-23(24)25/h3-19H,2,20H2,1H3. The van der Waals surface area contributed by atoms with Crippen molar-refractivity contribution in [2.24, 2.45) is 0 Å². The van der Waals surface area contributed by atoms with E-state index in [1.54, 1.807) is 17.3 Å². The lowest BCUT2D eigenvalue weighted by atomic mass is 10.0. The number of hydrogen-bond donors (Lipinski definition) is 0. The highest BCUT2D eigenvalue weighted by Crippen LogP contribution is 2.36. The summed E-state index contributed by atoms with van der Waals surface area (Å²) in [7, 11) is 0. The van der Waals surface area contributed by atoms with E-state index in [9.17, 15) is 4.79 Å². The molecule has 0 atom stereocenters. The van der Waals surface area contributed by atoms with Gasteiger partial charge in [0.05, 0.1) is 34.6 Å². The van der Waals surface area contributed by atoms with Gasteiger partial charge in [-0.2, -0.15) is 0 Å². The highest BCUT2D eigenvalue weighted by atomic mass is 32.1. The predicted molar refractivity (Wildman–Crippen MR) is 153 cm³/mol. The van der Waals surface area contributed by atoms with E-state index >= 15 is 0 Å². The summed E-state index contributed by atoms with van der Waals surface area (Å²) in [6.07, 6.45) is 3.50. The molecule has 0 radical (unpaired) electrons. The molecule has 3 aromatic heterocycles. The Morgan fingerprint density at radius 2 is 1.76 bits per heavy atom. The van der Waals surface area contributed by atoms with Crippen LogP contribution < -0.4 is 9.64 Å². The minimum Gasteiger partial charge on any atom is -0.492 e. The van der Waals surface area contributed by atoms with Crippen LogP contribution in [0.3, 0.4) is 0 Å². The Morgan fingerprint density at radius 1 is 0.921 bits per heavy atom. The van der Waals surface area contributed by atoms with Crippen molar-refractivity contribution in [3.05, 3.63) is 115 Å². The van der Waals surface area contributed by atoms with Crippen molar-refractivity contribution < 1.29 is 9.53 Å². The number of fused-ring (bicyclic) bond motifs is 2. The average molecular weight is 517 g/mol. The van der Waals surface area contributed by atoms with Gasteiger partial charge in [0.15, 0.2) is 5.13 Å². The Morgan fingerprint density at radius 3 is 2.58 bits per heavy atom. The van der Waals surface area contributed by atoms with Gasteiger partial charge in [0.1, 0.15) is 11.3 Å². The maximum atomic E-state index is 14.4. The van der Waals surface area contributed by atoms with Crippen molar-refractivity contribution in [3.8, 4) is 17.0 Å². The van der Waals surface area contributed by atoms with E-state index in [0.717, 1.165) is 37.9 Å². The maximum Gasteiger partial charge on any atom is 0.261 e. The van der Waals surface area contributed by atoms with Gasteiger partial charge in [0.25, 0.3) is 5.91 Å². The molecule has 6 rings (SSSR count). The lowest BCUT2D eigenvalue weighted by Crippen LogP contribution is -2.30. The van der Waals surface area contributed by atoms with Crippen LogP contribution >= 0.6 is 11.3 Å². The molecule has 0 saturated heterocycles. The fraction of sp³-hybridized carbons (Fsp3) is 0.0968. The van der Waals surface area contributed by atoms with Gasteiger partial charge in [-0.15, -0.1) is 0 Å². The molecule has 6 aromatic rings. The summed E-state index contributed by atoms with van der Waals surface area (Å²) in [5.41, 5.74) is 4.70. The number of carbonyl (C=O) groups is 1. The Kier molecular flexibility index (Phi) is 6.50. The molecule has 7 heteroatoms. The fourth-order valence-electron chi connectivity index (χ4n) is 4.45. The Balaban J connectivity index is 1.52. The quantitative estimate of drug-likeness (QED) is 0.225. The van der Waals surface area contributed by atoms with Crippen LogP contribution in [0.2, 0.25) is 0 Å². The number of pyridine rings is 2. The smallest absolute Gasteiger partial charge is 0.261 e. The van der Waals surface area contributed by atoms with Gasteiger partial charge in [0.2, 0.25) is 0 Å². The van der Waals surface area contributed by atoms with Gasteiger partial charge in [-0.1, -0.05) is 72.0 Å². The van der Waals surface area contributed by atoms with Crippen molar-refractivity contribution in [2.75, 3.05) is 11.5 Å².